The molecule has 174 valence electrons. The van der Waals surface area contributed by atoms with Gasteiger partial charge in [-0.1, -0.05) is 30.3 Å². The monoisotopic (exact) mass is 458 g/mol. The van der Waals surface area contributed by atoms with Gasteiger partial charge in [0, 0.05) is 0 Å². The first-order chi connectivity index (χ1) is 16.6. The van der Waals surface area contributed by atoms with Crippen molar-refractivity contribution in [3.8, 4) is 11.5 Å². The van der Waals surface area contributed by atoms with Crippen molar-refractivity contribution >= 4 is 23.2 Å². The first-order valence-corrected chi connectivity index (χ1v) is 11.5. The summed E-state index contributed by atoms with van der Waals surface area (Å²) in [6, 6.07) is 23.6. The average molecular weight is 459 g/mol. The van der Waals surface area contributed by atoms with E-state index in [0.29, 0.717) is 24.7 Å². The van der Waals surface area contributed by atoms with Crippen LogP contribution < -0.4 is 19.4 Å². The molecule has 0 N–H and O–H groups in total. The van der Waals surface area contributed by atoms with Gasteiger partial charge >= 0.3 is 0 Å². The zero-order chi connectivity index (χ0) is 23.7. The molecule has 2 fully saturated rings. The Morgan fingerprint density at radius 2 is 1.32 bits per heavy atom. The summed E-state index contributed by atoms with van der Waals surface area (Å²) < 4.78 is 11.1. The highest BCUT2D eigenvalue weighted by Gasteiger charge is 2.60. The van der Waals surface area contributed by atoms with Crippen LogP contribution in [0.15, 0.2) is 78.9 Å². The molecule has 0 unspecified atom stereocenters. The standard InChI is InChI=1S/C27H26N2O5/c1-3-32-21-14-10-18(11-15-21)24-23-25(34-29(24)20-8-6-5-7-9-20)27(31)28(26(23)30)19-12-16-22(17-13-19)33-4-2/h5-17,23-25H,3-4H2,1-2H3/t23-,24-,25-/m1/s1. The second-order valence-electron chi connectivity index (χ2n) is 8.10. The molecular weight excluding hydrogens is 432 g/mol. The van der Waals surface area contributed by atoms with E-state index in [1.165, 1.54) is 4.90 Å². The van der Waals surface area contributed by atoms with Crippen LogP contribution in [0.25, 0.3) is 0 Å². The third kappa shape index (κ3) is 3.78. The van der Waals surface area contributed by atoms with E-state index in [0.717, 1.165) is 17.0 Å². The number of carbonyl (C=O) groups excluding carboxylic acids is 2. The number of rotatable bonds is 7. The fraction of sp³-hybridized carbons (Fsp3) is 0.259. The third-order valence-electron chi connectivity index (χ3n) is 6.06. The van der Waals surface area contributed by atoms with Gasteiger partial charge < -0.3 is 9.47 Å². The summed E-state index contributed by atoms with van der Waals surface area (Å²) in [5.41, 5.74) is 2.16. The summed E-state index contributed by atoms with van der Waals surface area (Å²) in [6.07, 6.45) is -0.907. The number of anilines is 2. The first kappa shape index (κ1) is 22.0. The number of nitrogens with zero attached hydrogens (tertiary/aromatic N) is 2. The summed E-state index contributed by atoms with van der Waals surface area (Å²) in [5, 5.41) is 1.69. The lowest BCUT2D eigenvalue weighted by atomic mass is 9.90. The van der Waals surface area contributed by atoms with Gasteiger partial charge in [0.1, 0.15) is 17.4 Å². The Morgan fingerprint density at radius 3 is 1.91 bits per heavy atom. The van der Waals surface area contributed by atoms with Crippen LogP contribution in [-0.4, -0.2) is 31.1 Å². The maximum atomic E-state index is 13.7. The van der Waals surface area contributed by atoms with Crippen molar-refractivity contribution in [3.63, 3.8) is 0 Å². The van der Waals surface area contributed by atoms with Crippen LogP contribution >= 0.6 is 0 Å². The van der Waals surface area contributed by atoms with Gasteiger partial charge in [-0.3, -0.25) is 14.4 Å². The van der Waals surface area contributed by atoms with Gasteiger partial charge in [-0.05, 0) is 67.9 Å². The Hall–Kier alpha value is -3.84. The Balaban J connectivity index is 1.51. The number of ether oxygens (including phenoxy) is 2. The molecule has 0 radical (unpaired) electrons. The molecule has 3 aromatic carbocycles. The summed E-state index contributed by atoms with van der Waals surface area (Å²) in [5.74, 6) is 0.101. The average Bonchev–Trinajstić information content (AvgIpc) is 3.37. The summed E-state index contributed by atoms with van der Waals surface area (Å²) in [6.45, 7) is 4.94. The number of hydrogen-bond acceptors (Lipinski definition) is 6. The molecule has 34 heavy (non-hydrogen) atoms. The number of amides is 2. The first-order valence-electron chi connectivity index (χ1n) is 11.5. The number of carbonyl (C=O) groups is 2. The van der Waals surface area contributed by atoms with Crippen molar-refractivity contribution in [2.24, 2.45) is 5.92 Å². The summed E-state index contributed by atoms with van der Waals surface area (Å²) >= 11 is 0. The van der Waals surface area contributed by atoms with Crippen LogP contribution in [0.3, 0.4) is 0 Å². The molecule has 2 heterocycles. The molecule has 2 saturated heterocycles. The minimum atomic E-state index is -0.907. The number of hydrogen-bond donors (Lipinski definition) is 0. The maximum absolute atomic E-state index is 13.7. The van der Waals surface area contributed by atoms with Gasteiger partial charge in [-0.15, -0.1) is 0 Å². The number of hydroxylamine groups is 1. The van der Waals surface area contributed by atoms with Crippen molar-refractivity contribution in [2.45, 2.75) is 26.0 Å². The molecule has 0 spiro atoms. The lowest BCUT2D eigenvalue weighted by molar-refractivity contribution is -0.126. The second-order valence-corrected chi connectivity index (χ2v) is 8.10. The molecule has 7 heteroatoms. The van der Waals surface area contributed by atoms with Crippen LogP contribution in [0.1, 0.15) is 25.5 Å². The minimum absolute atomic E-state index is 0.281. The molecular formula is C27H26N2O5. The van der Waals surface area contributed by atoms with Gasteiger partial charge in [0.25, 0.3) is 5.91 Å². The predicted molar refractivity (Wildman–Crippen MR) is 128 cm³/mol. The van der Waals surface area contributed by atoms with E-state index in [1.807, 2.05) is 68.4 Å². The third-order valence-corrected chi connectivity index (χ3v) is 6.06. The Bertz CT molecular complexity index is 1160. The molecule has 3 atom stereocenters. The van der Waals surface area contributed by atoms with Crippen LogP contribution in [-0.2, 0) is 14.4 Å². The molecule has 3 aromatic rings. The number of para-hydroxylation sites is 1. The van der Waals surface area contributed by atoms with Crippen LogP contribution in [0.4, 0.5) is 11.4 Å². The Kier molecular flexibility index (Phi) is 5.94. The molecule has 2 amide bonds. The predicted octanol–water partition coefficient (Wildman–Crippen LogP) is 4.54. The highest BCUT2D eigenvalue weighted by atomic mass is 16.7. The van der Waals surface area contributed by atoms with Gasteiger partial charge in [-0.2, -0.15) is 0 Å². The number of benzene rings is 3. The van der Waals surface area contributed by atoms with Crippen molar-refractivity contribution in [3.05, 3.63) is 84.4 Å². The van der Waals surface area contributed by atoms with Gasteiger partial charge in [0.2, 0.25) is 5.91 Å². The van der Waals surface area contributed by atoms with E-state index in [-0.39, 0.29) is 11.8 Å². The number of imide groups is 1. The molecule has 5 rings (SSSR count). The van der Waals surface area contributed by atoms with Crippen LogP contribution in [0.5, 0.6) is 11.5 Å². The van der Waals surface area contributed by atoms with Crippen LogP contribution in [0.2, 0.25) is 0 Å². The summed E-state index contributed by atoms with van der Waals surface area (Å²) in [7, 11) is 0. The van der Waals surface area contributed by atoms with E-state index in [2.05, 4.69) is 0 Å². The van der Waals surface area contributed by atoms with E-state index in [1.54, 1.807) is 29.3 Å². The van der Waals surface area contributed by atoms with Gasteiger partial charge in [-0.25, -0.2) is 9.96 Å². The lowest BCUT2D eigenvalue weighted by Gasteiger charge is -2.28. The lowest BCUT2D eigenvalue weighted by Crippen LogP contribution is -2.37. The minimum Gasteiger partial charge on any atom is -0.494 e. The van der Waals surface area contributed by atoms with E-state index in [4.69, 9.17) is 14.3 Å². The smallest absolute Gasteiger partial charge is 0.266 e. The van der Waals surface area contributed by atoms with E-state index in [9.17, 15) is 9.59 Å². The van der Waals surface area contributed by atoms with E-state index < -0.39 is 18.1 Å². The van der Waals surface area contributed by atoms with Crippen molar-refractivity contribution in [2.75, 3.05) is 23.2 Å². The molecule has 0 saturated carbocycles. The highest BCUT2D eigenvalue weighted by Crippen LogP contribution is 2.47. The Labute approximate surface area is 198 Å². The van der Waals surface area contributed by atoms with Crippen molar-refractivity contribution in [1.82, 2.24) is 0 Å². The topological polar surface area (TPSA) is 68.3 Å². The van der Waals surface area contributed by atoms with Crippen molar-refractivity contribution < 1.29 is 23.9 Å². The largest absolute Gasteiger partial charge is 0.494 e. The molecule has 0 aliphatic carbocycles. The van der Waals surface area contributed by atoms with E-state index >= 15 is 0 Å². The zero-order valence-electron chi connectivity index (χ0n) is 19.1. The normalized spacial score (nSPS) is 21.6. The fourth-order valence-electron chi connectivity index (χ4n) is 4.59. The molecule has 0 aromatic heterocycles. The quantitative estimate of drug-likeness (QED) is 0.485. The van der Waals surface area contributed by atoms with Gasteiger partial charge in [0.15, 0.2) is 6.10 Å². The zero-order valence-corrected chi connectivity index (χ0v) is 19.1. The van der Waals surface area contributed by atoms with Gasteiger partial charge in [0.05, 0.1) is 30.6 Å². The van der Waals surface area contributed by atoms with Crippen LogP contribution in [0, 0.1) is 5.92 Å². The fourth-order valence-corrected chi connectivity index (χ4v) is 4.59. The molecule has 0 bridgehead atoms. The highest BCUT2D eigenvalue weighted by molar-refractivity contribution is 6.23. The Morgan fingerprint density at radius 1 is 0.735 bits per heavy atom. The maximum Gasteiger partial charge on any atom is 0.266 e. The second kappa shape index (κ2) is 9.19. The summed E-state index contributed by atoms with van der Waals surface area (Å²) in [4.78, 5) is 34.5. The number of fused-ring (bicyclic) bond motifs is 1. The molecule has 2 aliphatic rings. The molecule has 7 nitrogen and oxygen atoms in total. The molecule has 2 aliphatic heterocycles. The SMILES string of the molecule is CCOc1ccc([C@@H]2[C@H]3C(=O)N(c4ccc(OCC)cc4)C(=O)[C@@H]3ON2c2ccccc2)cc1. The van der Waals surface area contributed by atoms with Crippen molar-refractivity contribution in [1.29, 1.82) is 0 Å².